The Morgan fingerprint density at radius 1 is 1.15 bits per heavy atom. The van der Waals surface area contributed by atoms with Crippen LogP contribution in [0.4, 0.5) is 0 Å². The summed E-state index contributed by atoms with van der Waals surface area (Å²) in [5.74, 6) is 3.11. The van der Waals surface area contributed by atoms with Crippen LogP contribution in [0.1, 0.15) is 30.1 Å². The number of hydrogen-bond acceptors (Lipinski definition) is 5. The fraction of sp³-hybridized carbons (Fsp3) is 0.650. The molecule has 2 aromatic rings. The predicted molar refractivity (Wildman–Crippen MR) is 97.6 cm³/mol. The number of imidazole rings is 1. The topological polar surface area (TPSA) is 52.7 Å². The molecule has 0 bridgehead atoms. The molecule has 2 aliphatic rings. The Balaban J connectivity index is 1.35. The van der Waals surface area contributed by atoms with Gasteiger partial charge in [0.15, 0.2) is 0 Å². The Kier molecular flexibility index (Phi) is 5.72. The molecule has 0 saturated carbocycles. The third-order valence-corrected chi connectivity index (χ3v) is 5.38. The smallest absolute Gasteiger partial charge is 0.118 e. The second kappa shape index (κ2) is 8.37. The van der Waals surface area contributed by atoms with Crippen molar-refractivity contribution in [1.29, 1.82) is 0 Å². The standard InChI is InChI=1S/C20H29N3O3/c1-16-2-3-20(26-16)12-22-9-18(10-23-15-21-8-19(23)11-22)14-25-13-17-4-6-24-7-5-17/h2-3,8,15,17-18H,4-7,9-14H2,1H3/t18-/m1/s1. The maximum atomic E-state index is 6.12. The number of aromatic nitrogens is 2. The molecule has 0 aromatic carbocycles. The zero-order chi connectivity index (χ0) is 17.8. The minimum Gasteiger partial charge on any atom is -0.465 e. The molecular weight excluding hydrogens is 330 g/mol. The van der Waals surface area contributed by atoms with Crippen LogP contribution >= 0.6 is 0 Å². The highest BCUT2D eigenvalue weighted by Crippen LogP contribution is 2.21. The monoisotopic (exact) mass is 359 g/mol. The Morgan fingerprint density at radius 3 is 2.81 bits per heavy atom. The van der Waals surface area contributed by atoms with E-state index in [1.807, 2.05) is 25.5 Å². The summed E-state index contributed by atoms with van der Waals surface area (Å²) in [5.41, 5.74) is 1.26. The van der Waals surface area contributed by atoms with Crippen LogP contribution in [0.3, 0.4) is 0 Å². The van der Waals surface area contributed by atoms with Crippen LogP contribution in [0, 0.1) is 18.8 Å². The molecule has 1 fully saturated rings. The SMILES string of the molecule is Cc1ccc(CN2Cc3cncn3C[C@H](COCC3CCOCC3)C2)o1. The van der Waals surface area contributed by atoms with Gasteiger partial charge in [0.05, 0.1) is 25.2 Å². The van der Waals surface area contributed by atoms with Gasteiger partial charge in [-0.15, -0.1) is 0 Å². The molecule has 4 rings (SSSR count). The number of nitrogens with zero attached hydrogens (tertiary/aromatic N) is 3. The molecule has 1 atom stereocenters. The van der Waals surface area contributed by atoms with Crippen LogP contribution in [0.25, 0.3) is 0 Å². The Morgan fingerprint density at radius 2 is 2.00 bits per heavy atom. The van der Waals surface area contributed by atoms with Gasteiger partial charge in [0.1, 0.15) is 11.5 Å². The van der Waals surface area contributed by atoms with Crippen molar-refractivity contribution < 1.29 is 13.9 Å². The average Bonchev–Trinajstić information content (AvgIpc) is 3.21. The third-order valence-electron chi connectivity index (χ3n) is 5.38. The van der Waals surface area contributed by atoms with Crippen LogP contribution in [0.15, 0.2) is 29.1 Å². The molecule has 0 aliphatic carbocycles. The number of furan rings is 1. The lowest BCUT2D eigenvalue weighted by Crippen LogP contribution is -2.30. The van der Waals surface area contributed by atoms with E-state index in [-0.39, 0.29) is 0 Å². The van der Waals surface area contributed by atoms with E-state index >= 15 is 0 Å². The van der Waals surface area contributed by atoms with Crippen molar-refractivity contribution in [3.63, 3.8) is 0 Å². The van der Waals surface area contributed by atoms with Crippen molar-refractivity contribution >= 4 is 0 Å². The zero-order valence-corrected chi connectivity index (χ0v) is 15.6. The number of hydrogen-bond donors (Lipinski definition) is 0. The largest absolute Gasteiger partial charge is 0.465 e. The van der Waals surface area contributed by atoms with Gasteiger partial charge in [-0.1, -0.05) is 0 Å². The lowest BCUT2D eigenvalue weighted by atomic mass is 10.0. The van der Waals surface area contributed by atoms with Crippen molar-refractivity contribution in [2.24, 2.45) is 11.8 Å². The van der Waals surface area contributed by atoms with E-state index in [0.29, 0.717) is 11.8 Å². The van der Waals surface area contributed by atoms with Crippen molar-refractivity contribution in [1.82, 2.24) is 14.5 Å². The fourth-order valence-electron chi connectivity index (χ4n) is 3.97. The minimum absolute atomic E-state index is 0.460. The van der Waals surface area contributed by atoms with E-state index < -0.39 is 0 Å². The summed E-state index contributed by atoms with van der Waals surface area (Å²) in [6.07, 6.45) is 6.17. The van der Waals surface area contributed by atoms with Gasteiger partial charge in [-0.2, -0.15) is 0 Å². The Bertz CT molecular complexity index is 690. The van der Waals surface area contributed by atoms with E-state index in [1.165, 1.54) is 5.69 Å². The normalized spacial score (nSPS) is 22.3. The van der Waals surface area contributed by atoms with Crippen LogP contribution in [0.2, 0.25) is 0 Å². The van der Waals surface area contributed by atoms with Crippen LogP contribution in [-0.2, 0) is 29.1 Å². The first-order valence-corrected chi connectivity index (χ1v) is 9.68. The van der Waals surface area contributed by atoms with Gasteiger partial charge >= 0.3 is 0 Å². The van der Waals surface area contributed by atoms with Gasteiger partial charge in [-0.05, 0) is 37.8 Å². The molecule has 26 heavy (non-hydrogen) atoms. The van der Waals surface area contributed by atoms with E-state index in [9.17, 15) is 0 Å². The third kappa shape index (κ3) is 4.55. The number of aryl methyl sites for hydroxylation is 1. The molecule has 0 radical (unpaired) electrons. The molecule has 142 valence electrons. The zero-order valence-electron chi connectivity index (χ0n) is 15.6. The molecule has 2 aliphatic heterocycles. The summed E-state index contributed by atoms with van der Waals surface area (Å²) in [5, 5.41) is 0. The first kappa shape index (κ1) is 17.8. The van der Waals surface area contributed by atoms with Gasteiger partial charge in [-0.25, -0.2) is 4.98 Å². The molecule has 0 unspecified atom stereocenters. The minimum atomic E-state index is 0.460. The van der Waals surface area contributed by atoms with Crippen LogP contribution in [-0.4, -0.2) is 47.4 Å². The van der Waals surface area contributed by atoms with Crippen molar-refractivity contribution in [3.05, 3.63) is 41.9 Å². The summed E-state index contributed by atoms with van der Waals surface area (Å²) >= 11 is 0. The number of rotatable bonds is 6. The number of fused-ring (bicyclic) bond motifs is 1. The first-order chi connectivity index (χ1) is 12.8. The second-order valence-corrected chi connectivity index (χ2v) is 7.68. The summed E-state index contributed by atoms with van der Waals surface area (Å²) < 4.78 is 19.6. The lowest BCUT2D eigenvalue weighted by Gasteiger charge is -2.25. The highest BCUT2D eigenvalue weighted by atomic mass is 16.5. The molecule has 0 amide bonds. The Labute approximate surface area is 155 Å². The maximum Gasteiger partial charge on any atom is 0.118 e. The predicted octanol–water partition coefficient (Wildman–Crippen LogP) is 2.86. The van der Waals surface area contributed by atoms with E-state index in [2.05, 4.69) is 20.5 Å². The molecule has 0 N–H and O–H groups in total. The highest BCUT2D eigenvalue weighted by molar-refractivity contribution is 5.07. The maximum absolute atomic E-state index is 6.12. The quantitative estimate of drug-likeness (QED) is 0.794. The van der Waals surface area contributed by atoms with Crippen LogP contribution < -0.4 is 0 Å². The summed E-state index contributed by atoms with van der Waals surface area (Å²) in [6.45, 7) is 9.11. The van der Waals surface area contributed by atoms with Crippen molar-refractivity contribution in [2.75, 3.05) is 33.0 Å². The summed E-state index contributed by atoms with van der Waals surface area (Å²) in [7, 11) is 0. The lowest BCUT2D eigenvalue weighted by molar-refractivity contribution is 0.00612. The Hall–Kier alpha value is -1.63. The molecule has 1 saturated heterocycles. The number of ether oxygens (including phenoxy) is 2. The van der Waals surface area contributed by atoms with E-state index in [4.69, 9.17) is 13.9 Å². The molecule has 2 aromatic heterocycles. The highest BCUT2D eigenvalue weighted by Gasteiger charge is 2.23. The summed E-state index contributed by atoms with van der Waals surface area (Å²) in [4.78, 5) is 6.78. The van der Waals surface area contributed by atoms with Gasteiger partial charge in [0.2, 0.25) is 0 Å². The second-order valence-electron chi connectivity index (χ2n) is 7.68. The van der Waals surface area contributed by atoms with Crippen LogP contribution in [0.5, 0.6) is 0 Å². The molecule has 6 heteroatoms. The van der Waals surface area contributed by atoms with E-state index in [0.717, 1.165) is 77.0 Å². The van der Waals surface area contributed by atoms with Gasteiger partial charge in [0.25, 0.3) is 0 Å². The van der Waals surface area contributed by atoms with Gasteiger partial charge < -0.3 is 18.5 Å². The molecule has 6 nitrogen and oxygen atoms in total. The molecule has 0 spiro atoms. The molecular formula is C20H29N3O3. The van der Waals surface area contributed by atoms with Gasteiger partial charge in [-0.3, -0.25) is 4.90 Å². The average molecular weight is 359 g/mol. The van der Waals surface area contributed by atoms with E-state index in [1.54, 1.807) is 0 Å². The van der Waals surface area contributed by atoms with Gasteiger partial charge in [0, 0.05) is 51.6 Å². The van der Waals surface area contributed by atoms with Crippen molar-refractivity contribution in [2.45, 2.75) is 39.4 Å². The first-order valence-electron chi connectivity index (χ1n) is 9.68. The summed E-state index contributed by atoms with van der Waals surface area (Å²) in [6, 6.07) is 4.11. The van der Waals surface area contributed by atoms with Crippen molar-refractivity contribution in [3.8, 4) is 0 Å². The fourth-order valence-corrected chi connectivity index (χ4v) is 3.97. The molecule has 4 heterocycles.